The summed E-state index contributed by atoms with van der Waals surface area (Å²) in [5.41, 5.74) is 2.03. The van der Waals surface area contributed by atoms with E-state index in [-0.39, 0.29) is 12.5 Å². The molecule has 2 amide bonds. The molecule has 1 aromatic rings. The summed E-state index contributed by atoms with van der Waals surface area (Å²) in [4.78, 5) is 30.1. The van der Waals surface area contributed by atoms with Crippen LogP contribution in [0.25, 0.3) is 0 Å². The highest BCUT2D eigenvalue weighted by molar-refractivity contribution is 5.86. The number of carbonyl (C=O) groups excluding carboxylic acids is 2. The topological polar surface area (TPSA) is 95.1 Å². The van der Waals surface area contributed by atoms with Crippen molar-refractivity contribution >= 4 is 18.0 Å². The lowest BCUT2D eigenvalue weighted by Gasteiger charge is -2.29. The molecule has 29 heavy (non-hydrogen) atoms. The van der Waals surface area contributed by atoms with Gasteiger partial charge < -0.3 is 25.6 Å². The summed E-state index contributed by atoms with van der Waals surface area (Å²) in [7, 11) is 1.66. The first-order valence-corrected chi connectivity index (χ1v) is 10.0. The Balaban J connectivity index is 1.64. The Bertz CT molecular complexity index is 727. The van der Waals surface area contributed by atoms with E-state index in [2.05, 4.69) is 33.1 Å². The molecule has 0 fully saturated rings. The molecule has 160 valence electrons. The first kappa shape index (κ1) is 22.5. The molecule has 0 aromatic heterocycles. The van der Waals surface area contributed by atoms with E-state index in [0.717, 1.165) is 13.0 Å². The van der Waals surface area contributed by atoms with E-state index >= 15 is 0 Å². The summed E-state index contributed by atoms with van der Waals surface area (Å²) in [5.74, 6) is 0.613. The molecule has 8 nitrogen and oxygen atoms in total. The fraction of sp³-hybridized carbons (Fsp3) is 0.571. The van der Waals surface area contributed by atoms with Crippen LogP contribution in [-0.2, 0) is 22.5 Å². The van der Waals surface area contributed by atoms with Crippen molar-refractivity contribution in [1.29, 1.82) is 0 Å². The molecular weight excluding hydrogens is 370 g/mol. The lowest BCUT2D eigenvalue weighted by molar-refractivity contribution is -0.130. The normalized spacial score (nSPS) is 14.1. The molecule has 0 unspecified atom stereocenters. The minimum atomic E-state index is -0.503. The van der Waals surface area contributed by atoms with Crippen molar-refractivity contribution in [3.05, 3.63) is 35.4 Å². The summed E-state index contributed by atoms with van der Waals surface area (Å²) in [6.07, 6.45) is 1.17. The molecule has 0 atom stereocenters. The van der Waals surface area contributed by atoms with E-state index in [4.69, 9.17) is 4.74 Å². The van der Waals surface area contributed by atoms with Crippen LogP contribution >= 0.6 is 0 Å². The number of nitrogens with zero attached hydrogens (tertiary/aromatic N) is 2. The van der Waals surface area contributed by atoms with Gasteiger partial charge in [-0.15, -0.1) is 0 Å². The van der Waals surface area contributed by atoms with E-state index in [1.54, 1.807) is 7.05 Å². The first-order chi connectivity index (χ1) is 13.8. The van der Waals surface area contributed by atoms with Crippen molar-refractivity contribution < 1.29 is 14.3 Å². The fourth-order valence-corrected chi connectivity index (χ4v) is 3.00. The molecule has 1 aliphatic heterocycles. The zero-order valence-corrected chi connectivity index (χ0v) is 17.9. The summed E-state index contributed by atoms with van der Waals surface area (Å²) in [6.45, 7) is 8.16. The number of hydrogen-bond donors (Lipinski definition) is 3. The summed E-state index contributed by atoms with van der Waals surface area (Å²) in [5, 5.41) is 8.91. The zero-order valence-electron chi connectivity index (χ0n) is 17.9. The fourth-order valence-electron chi connectivity index (χ4n) is 3.00. The van der Waals surface area contributed by atoms with Gasteiger partial charge in [-0.1, -0.05) is 24.3 Å². The smallest absolute Gasteiger partial charge is 0.407 e. The van der Waals surface area contributed by atoms with Gasteiger partial charge in [0, 0.05) is 33.2 Å². The van der Waals surface area contributed by atoms with Crippen LogP contribution in [0.3, 0.4) is 0 Å². The monoisotopic (exact) mass is 403 g/mol. The van der Waals surface area contributed by atoms with Gasteiger partial charge in [-0.25, -0.2) is 4.79 Å². The Kier molecular flexibility index (Phi) is 8.30. The lowest BCUT2D eigenvalue weighted by Crippen LogP contribution is -2.46. The number of fused-ring (bicyclic) bond motifs is 1. The van der Waals surface area contributed by atoms with E-state index in [1.165, 1.54) is 11.1 Å². The standard InChI is InChI=1S/C21H33N5O3/c1-21(2,3)29-20(28)24-12-7-11-23-19(22-4)25-14-18(27)26-13-10-16-8-5-6-9-17(16)15-26/h5-6,8-9H,7,10-15H2,1-4H3,(H,24,28)(H2,22,23,25). The van der Waals surface area contributed by atoms with E-state index in [9.17, 15) is 9.59 Å². The molecule has 0 saturated heterocycles. The van der Waals surface area contributed by atoms with Gasteiger partial charge in [-0.3, -0.25) is 9.79 Å². The lowest BCUT2D eigenvalue weighted by atomic mass is 10.00. The second-order valence-corrected chi connectivity index (χ2v) is 7.97. The maximum absolute atomic E-state index is 12.5. The quantitative estimate of drug-likeness (QED) is 0.381. The van der Waals surface area contributed by atoms with Crippen molar-refractivity contribution in [2.75, 3.05) is 33.2 Å². The van der Waals surface area contributed by atoms with Gasteiger partial charge in [0.25, 0.3) is 0 Å². The van der Waals surface area contributed by atoms with Crippen LogP contribution in [0, 0.1) is 0 Å². The number of carbonyl (C=O) groups is 2. The average Bonchev–Trinajstić information content (AvgIpc) is 2.68. The minimum absolute atomic E-state index is 0.0500. The summed E-state index contributed by atoms with van der Waals surface area (Å²) >= 11 is 0. The minimum Gasteiger partial charge on any atom is -0.444 e. The summed E-state index contributed by atoms with van der Waals surface area (Å²) in [6, 6.07) is 8.25. The Morgan fingerprint density at radius 2 is 1.79 bits per heavy atom. The van der Waals surface area contributed by atoms with Gasteiger partial charge in [-0.05, 0) is 44.7 Å². The Morgan fingerprint density at radius 1 is 1.10 bits per heavy atom. The highest BCUT2D eigenvalue weighted by atomic mass is 16.6. The van der Waals surface area contributed by atoms with Crippen molar-refractivity contribution in [3.8, 4) is 0 Å². The van der Waals surface area contributed by atoms with Crippen LogP contribution in [0.5, 0.6) is 0 Å². The van der Waals surface area contributed by atoms with Crippen LogP contribution in [0.4, 0.5) is 4.79 Å². The van der Waals surface area contributed by atoms with Crippen molar-refractivity contribution in [2.45, 2.75) is 45.8 Å². The molecule has 0 bridgehead atoms. The number of amides is 2. The SMILES string of the molecule is CN=C(NCCCNC(=O)OC(C)(C)C)NCC(=O)N1CCc2ccccc2C1. The van der Waals surface area contributed by atoms with Crippen LogP contribution in [0.15, 0.2) is 29.3 Å². The average molecular weight is 404 g/mol. The number of guanidine groups is 1. The molecule has 2 rings (SSSR count). The molecule has 0 aliphatic carbocycles. The third-order valence-electron chi connectivity index (χ3n) is 4.43. The molecular formula is C21H33N5O3. The Hall–Kier alpha value is -2.77. The second kappa shape index (κ2) is 10.7. The first-order valence-electron chi connectivity index (χ1n) is 10.0. The van der Waals surface area contributed by atoms with E-state index in [0.29, 0.717) is 32.0 Å². The molecule has 0 spiro atoms. The highest BCUT2D eigenvalue weighted by Gasteiger charge is 2.20. The third-order valence-corrected chi connectivity index (χ3v) is 4.43. The second-order valence-electron chi connectivity index (χ2n) is 7.97. The van der Waals surface area contributed by atoms with Gasteiger partial charge in [-0.2, -0.15) is 0 Å². The number of alkyl carbamates (subject to hydrolysis) is 1. The van der Waals surface area contributed by atoms with Crippen LogP contribution in [-0.4, -0.2) is 61.7 Å². The number of rotatable bonds is 6. The van der Waals surface area contributed by atoms with Gasteiger partial charge in [0.1, 0.15) is 5.60 Å². The highest BCUT2D eigenvalue weighted by Crippen LogP contribution is 2.18. The van der Waals surface area contributed by atoms with Crippen LogP contribution < -0.4 is 16.0 Å². The van der Waals surface area contributed by atoms with E-state index in [1.807, 2.05) is 37.8 Å². The predicted molar refractivity (Wildman–Crippen MR) is 114 cm³/mol. The third kappa shape index (κ3) is 8.01. The van der Waals surface area contributed by atoms with Gasteiger partial charge in [0.05, 0.1) is 6.54 Å². The van der Waals surface area contributed by atoms with Gasteiger partial charge in [0.2, 0.25) is 5.91 Å². The van der Waals surface area contributed by atoms with Crippen molar-refractivity contribution in [1.82, 2.24) is 20.9 Å². The Morgan fingerprint density at radius 3 is 2.48 bits per heavy atom. The number of benzene rings is 1. The maximum atomic E-state index is 12.5. The molecule has 0 radical (unpaired) electrons. The molecule has 1 aromatic carbocycles. The number of hydrogen-bond acceptors (Lipinski definition) is 4. The molecule has 8 heteroatoms. The molecule has 3 N–H and O–H groups in total. The Labute approximate surface area is 173 Å². The summed E-state index contributed by atoms with van der Waals surface area (Å²) < 4.78 is 5.18. The van der Waals surface area contributed by atoms with Crippen LogP contribution in [0.1, 0.15) is 38.3 Å². The molecule has 0 saturated carbocycles. The van der Waals surface area contributed by atoms with E-state index < -0.39 is 11.7 Å². The predicted octanol–water partition coefficient (Wildman–Crippen LogP) is 1.65. The zero-order chi connectivity index (χ0) is 21.3. The molecule has 1 aliphatic rings. The largest absolute Gasteiger partial charge is 0.444 e. The molecule has 1 heterocycles. The number of ether oxygens (including phenoxy) is 1. The van der Waals surface area contributed by atoms with Gasteiger partial charge >= 0.3 is 6.09 Å². The number of aliphatic imine (C=N–C) groups is 1. The van der Waals surface area contributed by atoms with Crippen LogP contribution in [0.2, 0.25) is 0 Å². The maximum Gasteiger partial charge on any atom is 0.407 e. The number of nitrogens with one attached hydrogen (secondary N) is 3. The van der Waals surface area contributed by atoms with Gasteiger partial charge in [0.15, 0.2) is 5.96 Å². The van der Waals surface area contributed by atoms with Crippen molar-refractivity contribution in [2.24, 2.45) is 4.99 Å². The van der Waals surface area contributed by atoms with Crippen molar-refractivity contribution in [3.63, 3.8) is 0 Å².